The van der Waals surface area contributed by atoms with Gasteiger partial charge in [-0.25, -0.2) is 0 Å². The van der Waals surface area contributed by atoms with Crippen molar-refractivity contribution in [2.45, 2.75) is 52.7 Å². The topological polar surface area (TPSA) is 58.6 Å². The highest BCUT2D eigenvalue weighted by atomic mass is 35.5. The Morgan fingerprint density at radius 1 is 1.10 bits per heavy atom. The molecule has 0 aliphatic carbocycles. The number of benzene rings is 2. The normalized spacial score (nSPS) is 12.2. The van der Waals surface area contributed by atoms with Crippen molar-refractivity contribution in [3.05, 3.63) is 64.7 Å². The summed E-state index contributed by atoms with van der Waals surface area (Å²) in [6.07, 6.45) is 0. The van der Waals surface area contributed by atoms with Crippen LogP contribution < -0.4 is 10.1 Å². The third-order valence-corrected chi connectivity index (χ3v) is 4.78. The van der Waals surface area contributed by atoms with E-state index in [2.05, 4.69) is 5.32 Å². The third kappa shape index (κ3) is 6.79. The molecule has 0 bridgehead atoms. The molecule has 0 aliphatic heterocycles. The molecule has 0 aromatic heterocycles. The number of nitrogens with zero attached hydrogens (tertiary/aromatic N) is 1. The van der Waals surface area contributed by atoms with Gasteiger partial charge in [0.15, 0.2) is 6.61 Å². The van der Waals surface area contributed by atoms with Crippen molar-refractivity contribution < 1.29 is 14.3 Å². The van der Waals surface area contributed by atoms with Crippen LogP contribution in [0.5, 0.6) is 5.75 Å². The Morgan fingerprint density at radius 3 is 2.34 bits per heavy atom. The molecule has 0 saturated carbocycles. The Labute approximate surface area is 178 Å². The lowest BCUT2D eigenvalue weighted by molar-refractivity contribution is -0.142. The van der Waals surface area contributed by atoms with Gasteiger partial charge in [0.05, 0.1) is 0 Å². The van der Waals surface area contributed by atoms with Crippen molar-refractivity contribution in [2.75, 3.05) is 6.61 Å². The second kappa shape index (κ2) is 9.79. The minimum Gasteiger partial charge on any atom is -0.484 e. The van der Waals surface area contributed by atoms with E-state index in [1.807, 2.05) is 70.2 Å². The summed E-state index contributed by atoms with van der Waals surface area (Å²) >= 11 is 6.29. The number of hydrogen-bond donors (Lipinski definition) is 1. The van der Waals surface area contributed by atoms with E-state index < -0.39 is 11.6 Å². The van der Waals surface area contributed by atoms with E-state index in [4.69, 9.17) is 16.3 Å². The Hall–Kier alpha value is -2.53. The minimum atomic E-state index is -0.682. The van der Waals surface area contributed by atoms with E-state index in [0.717, 1.165) is 11.1 Å². The van der Waals surface area contributed by atoms with E-state index in [1.54, 1.807) is 13.0 Å². The lowest BCUT2D eigenvalue weighted by Gasteiger charge is -2.31. The number of para-hydroxylation sites is 1. The Morgan fingerprint density at radius 2 is 1.72 bits per heavy atom. The van der Waals surface area contributed by atoms with E-state index >= 15 is 0 Å². The van der Waals surface area contributed by atoms with Crippen LogP contribution >= 0.6 is 11.6 Å². The van der Waals surface area contributed by atoms with Gasteiger partial charge >= 0.3 is 0 Å². The van der Waals surface area contributed by atoms with Gasteiger partial charge in [-0.2, -0.15) is 0 Å². The monoisotopic (exact) mass is 416 g/mol. The zero-order chi connectivity index (χ0) is 21.6. The van der Waals surface area contributed by atoms with Crippen LogP contribution in [-0.2, 0) is 16.1 Å². The number of halogens is 1. The first-order chi connectivity index (χ1) is 13.6. The summed E-state index contributed by atoms with van der Waals surface area (Å²) < 4.78 is 5.72. The van der Waals surface area contributed by atoms with Gasteiger partial charge in [-0.1, -0.05) is 48.0 Å². The van der Waals surface area contributed by atoms with Crippen LogP contribution in [0.2, 0.25) is 5.02 Å². The summed E-state index contributed by atoms with van der Waals surface area (Å²) in [5.41, 5.74) is 1.31. The molecule has 2 aromatic carbocycles. The summed E-state index contributed by atoms with van der Waals surface area (Å²) in [5.74, 6) is 0.129. The lowest BCUT2D eigenvalue weighted by atomic mass is 10.1. The van der Waals surface area contributed by atoms with Gasteiger partial charge in [-0.05, 0) is 57.9 Å². The lowest BCUT2D eigenvalue weighted by Crippen LogP contribution is -2.53. The Bertz CT molecular complexity index is 861. The van der Waals surface area contributed by atoms with Gasteiger partial charge in [0.2, 0.25) is 5.91 Å². The average Bonchev–Trinajstić information content (AvgIpc) is 2.64. The largest absolute Gasteiger partial charge is 0.484 e. The second-order valence-electron chi connectivity index (χ2n) is 8.08. The molecular weight excluding hydrogens is 388 g/mol. The first-order valence-corrected chi connectivity index (χ1v) is 9.99. The number of carbonyl (C=O) groups excluding carboxylic acids is 2. The van der Waals surface area contributed by atoms with Gasteiger partial charge in [0.1, 0.15) is 11.8 Å². The first kappa shape index (κ1) is 22.8. The van der Waals surface area contributed by atoms with E-state index in [1.165, 1.54) is 4.90 Å². The first-order valence-electron chi connectivity index (χ1n) is 9.62. The molecule has 0 spiro atoms. The van der Waals surface area contributed by atoms with Gasteiger partial charge in [-0.3, -0.25) is 9.59 Å². The van der Waals surface area contributed by atoms with Crippen LogP contribution in [0.15, 0.2) is 48.5 Å². The highest BCUT2D eigenvalue weighted by Crippen LogP contribution is 2.20. The fourth-order valence-corrected chi connectivity index (χ4v) is 3.00. The molecule has 2 amide bonds. The predicted octanol–water partition coefficient (Wildman–Crippen LogP) is 4.36. The number of carbonyl (C=O) groups is 2. The second-order valence-corrected chi connectivity index (χ2v) is 8.49. The van der Waals surface area contributed by atoms with Gasteiger partial charge in [0, 0.05) is 17.1 Å². The van der Waals surface area contributed by atoms with Gasteiger partial charge in [0.25, 0.3) is 5.91 Å². The molecule has 0 radical (unpaired) electrons. The van der Waals surface area contributed by atoms with Crippen LogP contribution in [0, 0.1) is 6.92 Å². The molecule has 0 fully saturated rings. The molecule has 6 heteroatoms. The zero-order valence-corrected chi connectivity index (χ0v) is 18.4. The fraction of sp³-hybridized carbons (Fsp3) is 0.391. The third-order valence-electron chi connectivity index (χ3n) is 4.41. The number of amides is 2. The fourth-order valence-electron chi connectivity index (χ4n) is 2.81. The maximum Gasteiger partial charge on any atom is 0.261 e. The zero-order valence-electron chi connectivity index (χ0n) is 17.7. The average molecular weight is 417 g/mol. The summed E-state index contributed by atoms with van der Waals surface area (Å²) in [6.45, 7) is 9.39. The van der Waals surface area contributed by atoms with E-state index in [-0.39, 0.29) is 25.0 Å². The molecule has 0 aliphatic rings. The van der Waals surface area contributed by atoms with E-state index in [9.17, 15) is 9.59 Å². The molecule has 29 heavy (non-hydrogen) atoms. The summed E-state index contributed by atoms with van der Waals surface area (Å²) in [4.78, 5) is 27.3. The standard InChI is InChI=1S/C23H29ClN2O3/c1-16-10-6-9-13-20(16)29-15-21(27)26(14-18-11-7-8-12-19(18)24)17(2)22(28)25-23(3,4)5/h6-13,17H,14-15H2,1-5H3,(H,25,28). The van der Waals surface area contributed by atoms with Crippen LogP contribution in [-0.4, -0.2) is 34.9 Å². The molecule has 0 saturated heterocycles. The Balaban J connectivity index is 2.20. The number of aryl methyl sites for hydroxylation is 1. The molecule has 5 nitrogen and oxygen atoms in total. The highest BCUT2D eigenvalue weighted by molar-refractivity contribution is 6.31. The Kier molecular flexibility index (Phi) is 7.68. The van der Waals surface area contributed by atoms with Crippen molar-refractivity contribution in [1.82, 2.24) is 10.2 Å². The quantitative estimate of drug-likeness (QED) is 0.729. The smallest absolute Gasteiger partial charge is 0.261 e. The predicted molar refractivity (Wildman–Crippen MR) is 116 cm³/mol. The summed E-state index contributed by atoms with van der Waals surface area (Å²) in [7, 11) is 0. The number of rotatable bonds is 7. The minimum absolute atomic E-state index is 0.164. The number of nitrogens with one attached hydrogen (secondary N) is 1. The van der Waals surface area contributed by atoms with Crippen molar-refractivity contribution in [1.29, 1.82) is 0 Å². The molecule has 0 heterocycles. The number of hydrogen-bond acceptors (Lipinski definition) is 3. The van der Waals surface area contributed by atoms with E-state index in [0.29, 0.717) is 10.8 Å². The molecule has 1 atom stereocenters. The summed E-state index contributed by atoms with van der Waals surface area (Å²) in [5, 5.41) is 3.48. The SMILES string of the molecule is Cc1ccccc1OCC(=O)N(Cc1ccccc1Cl)C(C)C(=O)NC(C)(C)C. The molecule has 2 rings (SSSR count). The molecule has 1 N–H and O–H groups in total. The summed E-state index contributed by atoms with van der Waals surface area (Å²) in [6, 6.07) is 14.1. The van der Waals surface area contributed by atoms with Gasteiger partial charge < -0.3 is 15.0 Å². The van der Waals surface area contributed by atoms with Crippen LogP contribution in [0.1, 0.15) is 38.8 Å². The van der Waals surface area contributed by atoms with Crippen molar-refractivity contribution in [3.8, 4) is 5.75 Å². The van der Waals surface area contributed by atoms with Crippen LogP contribution in [0.25, 0.3) is 0 Å². The highest BCUT2D eigenvalue weighted by Gasteiger charge is 2.29. The maximum atomic E-state index is 13.0. The van der Waals surface area contributed by atoms with Crippen molar-refractivity contribution in [3.63, 3.8) is 0 Å². The van der Waals surface area contributed by atoms with Crippen molar-refractivity contribution >= 4 is 23.4 Å². The molecule has 156 valence electrons. The van der Waals surface area contributed by atoms with Gasteiger partial charge in [-0.15, -0.1) is 0 Å². The van der Waals surface area contributed by atoms with Crippen LogP contribution in [0.4, 0.5) is 0 Å². The number of ether oxygens (including phenoxy) is 1. The van der Waals surface area contributed by atoms with Crippen molar-refractivity contribution in [2.24, 2.45) is 0 Å². The molecule has 2 aromatic rings. The maximum absolute atomic E-state index is 13.0. The molecular formula is C23H29ClN2O3. The van der Waals surface area contributed by atoms with Crippen LogP contribution in [0.3, 0.4) is 0 Å². The molecule has 1 unspecified atom stereocenters.